The number of fused-ring (bicyclic) bond motifs is 1. The maximum Gasteiger partial charge on any atom is 0.240 e. The molecule has 9 nitrogen and oxygen atoms in total. The summed E-state index contributed by atoms with van der Waals surface area (Å²) in [5, 5.41) is 2.73. The van der Waals surface area contributed by atoms with Gasteiger partial charge in [0.1, 0.15) is 13.2 Å². The van der Waals surface area contributed by atoms with Crippen LogP contribution < -0.4 is 24.4 Å². The predicted molar refractivity (Wildman–Crippen MR) is 122 cm³/mol. The molecule has 0 bridgehead atoms. The number of ether oxygens (including phenoxy) is 2. The second-order valence-corrected chi connectivity index (χ2v) is 9.93. The molecule has 2 aromatic rings. The monoisotopic (exact) mass is 473 g/mol. The number of aryl methyl sites for hydroxylation is 2. The third-order valence-electron chi connectivity index (χ3n) is 5.68. The van der Waals surface area contributed by atoms with E-state index in [9.17, 15) is 18.0 Å². The standard InChI is InChI=1S/C23H27N3O6S/c1-15-3-4-16(2)21(11-15)33(29,30)25-8-7-24-23(28)17-12-22(27)26(14-17)18-5-6-19-20(13-18)32-10-9-31-19/h3-6,11,13,17,25H,7-10,12,14H2,1-2H3,(H,24,28). The van der Waals surface area contributed by atoms with E-state index < -0.39 is 15.9 Å². The van der Waals surface area contributed by atoms with Crippen molar-refractivity contribution in [3.05, 3.63) is 47.5 Å². The molecule has 33 heavy (non-hydrogen) atoms. The van der Waals surface area contributed by atoms with E-state index in [1.807, 2.05) is 13.0 Å². The Balaban J connectivity index is 1.30. The molecule has 2 N–H and O–H groups in total. The quantitative estimate of drug-likeness (QED) is 0.590. The minimum absolute atomic E-state index is 0.0496. The first-order chi connectivity index (χ1) is 15.7. The van der Waals surface area contributed by atoms with Crippen LogP contribution in [0.25, 0.3) is 0 Å². The molecule has 2 aliphatic heterocycles. The molecule has 1 fully saturated rings. The highest BCUT2D eigenvalue weighted by atomic mass is 32.2. The number of rotatable bonds is 7. The predicted octanol–water partition coefficient (Wildman–Crippen LogP) is 1.52. The second kappa shape index (κ2) is 9.40. The fourth-order valence-electron chi connectivity index (χ4n) is 3.92. The van der Waals surface area contributed by atoms with Crippen molar-refractivity contribution in [1.29, 1.82) is 0 Å². The molecule has 4 rings (SSSR count). The van der Waals surface area contributed by atoms with Crippen molar-refractivity contribution in [1.82, 2.24) is 10.0 Å². The van der Waals surface area contributed by atoms with Crippen LogP contribution in [0.4, 0.5) is 5.69 Å². The molecule has 2 heterocycles. The first kappa shape index (κ1) is 23.1. The summed E-state index contributed by atoms with van der Waals surface area (Å²) in [6.45, 7) is 4.92. The van der Waals surface area contributed by atoms with E-state index in [4.69, 9.17) is 9.47 Å². The number of benzene rings is 2. The highest BCUT2D eigenvalue weighted by Gasteiger charge is 2.35. The molecule has 0 aromatic heterocycles. The molecule has 1 unspecified atom stereocenters. The van der Waals surface area contributed by atoms with Gasteiger partial charge >= 0.3 is 0 Å². The number of sulfonamides is 1. The van der Waals surface area contributed by atoms with Crippen molar-refractivity contribution in [2.45, 2.75) is 25.2 Å². The maximum absolute atomic E-state index is 12.6. The molecule has 0 aliphatic carbocycles. The topological polar surface area (TPSA) is 114 Å². The number of carbonyl (C=O) groups is 2. The zero-order valence-corrected chi connectivity index (χ0v) is 19.4. The van der Waals surface area contributed by atoms with E-state index in [1.165, 1.54) is 0 Å². The molecule has 2 amide bonds. The van der Waals surface area contributed by atoms with Gasteiger partial charge < -0.3 is 19.7 Å². The summed E-state index contributed by atoms with van der Waals surface area (Å²) in [5.74, 6) is 0.267. The van der Waals surface area contributed by atoms with Gasteiger partial charge in [0.25, 0.3) is 0 Å². The van der Waals surface area contributed by atoms with E-state index in [-0.39, 0.29) is 42.8 Å². The van der Waals surface area contributed by atoms with Gasteiger partial charge in [-0.05, 0) is 43.2 Å². The Labute approximate surface area is 193 Å². The van der Waals surface area contributed by atoms with Gasteiger partial charge in [0.15, 0.2) is 11.5 Å². The summed E-state index contributed by atoms with van der Waals surface area (Å²) in [6, 6.07) is 10.5. The van der Waals surface area contributed by atoms with E-state index in [0.29, 0.717) is 36.0 Å². The van der Waals surface area contributed by atoms with E-state index in [0.717, 1.165) is 5.56 Å². The Morgan fingerprint density at radius 1 is 1.06 bits per heavy atom. The Morgan fingerprint density at radius 2 is 1.82 bits per heavy atom. The van der Waals surface area contributed by atoms with Gasteiger partial charge in [0.2, 0.25) is 21.8 Å². The van der Waals surface area contributed by atoms with E-state index in [2.05, 4.69) is 10.0 Å². The fraction of sp³-hybridized carbons (Fsp3) is 0.391. The van der Waals surface area contributed by atoms with Crippen LogP contribution >= 0.6 is 0 Å². The Bertz CT molecular complexity index is 1180. The summed E-state index contributed by atoms with van der Waals surface area (Å²) >= 11 is 0. The van der Waals surface area contributed by atoms with Crippen LogP contribution in [0.1, 0.15) is 17.5 Å². The molecular formula is C23H27N3O6S. The van der Waals surface area contributed by atoms with Crippen LogP contribution in [-0.4, -0.2) is 53.1 Å². The first-order valence-electron chi connectivity index (χ1n) is 10.8. The van der Waals surface area contributed by atoms with Gasteiger partial charge in [-0.1, -0.05) is 12.1 Å². The van der Waals surface area contributed by atoms with Crippen molar-refractivity contribution in [3.63, 3.8) is 0 Å². The van der Waals surface area contributed by atoms with E-state index >= 15 is 0 Å². The summed E-state index contributed by atoms with van der Waals surface area (Å²) in [4.78, 5) is 26.9. The SMILES string of the molecule is Cc1ccc(C)c(S(=O)(=O)NCCNC(=O)C2CC(=O)N(c3ccc4c(c3)OCCO4)C2)c1. The highest BCUT2D eigenvalue weighted by molar-refractivity contribution is 7.89. The molecular weight excluding hydrogens is 446 g/mol. The average molecular weight is 474 g/mol. The molecule has 1 atom stereocenters. The second-order valence-electron chi connectivity index (χ2n) is 8.19. The van der Waals surface area contributed by atoms with Crippen molar-refractivity contribution in [2.75, 3.05) is 37.7 Å². The molecule has 2 aliphatic rings. The molecule has 0 saturated carbocycles. The molecule has 0 radical (unpaired) electrons. The van der Waals surface area contributed by atoms with Crippen molar-refractivity contribution < 1.29 is 27.5 Å². The third-order valence-corrected chi connectivity index (χ3v) is 7.29. The zero-order valence-electron chi connectivity index (χ0n) is 18.6. The van der Waals surface area contributed by atoms with Gasteiger partial charge in [0.05, 0.1) is 10.8 Å². The molecule has 2 aromatic carbocycles. The van der Waals surface area contributed by atoms with Crippen LogP contribution in [0, 0.1) is 19.8 Å². The lowest BCUT2D eigenvalue weighted by molar-refractivity contribution is -0.126. The Hall–Kier alpha value is -3.11. The summed E-state index contributed by atoms with van der Waals surface area (Å²) in [7, 11) is -3.68. The normalized spacial score (nSPS) is 17.8. The number of nitrogens with zero attached hydrogens (tertiary/aromatic N) is 1. The Kier molecular flexibility index (Phi) is 6.57. The van der Waals surface area contributed by atoms with Crippen molar-refractivity contribution >= 4 is 27.5 Å². The number of hydrogen-bond acceptors (Lipinski definition) is 6. The van der Waals surface area contributed by atoms with Crippen LogP contribution in [0.5, 0.6) is 11.5 Å². The molecule has 1 saturated heterocycles. The van der Waals surface area contributed by atoms with Crippen LogP contribution in [0.3, 0.4) is 0 Å². The third kappa shape index (κ3) is 5.12. The average Bonchev–Trinajstić information content (AvgIpc) is 3.19. The minimum Gasteiger partial charge on any atom is -0.486 e. The van der Waals surface area contributed by atoms with Gasteiger partial charge in [-0.25, -0.2) is 13.1 Å². The van der Waals surface area contributed by atoms with Gasteiger partial charge in [-0.2, -0.15) is 0 Å². The van der Waals surface area contributed by atoms with Gasteiger partial charge in [-0.15, -0.1) is 0 Å². The highest BCUT2D eigenvalue weighted by Crippen LogP contribution is 2.36. The van der Waals surface area contributed by atoms with Crippen molar-refractivity contribution in [2.24, 2.45) is 5.92 Å². The van der Waals surface area contributed by atoms with Gasteiger partial charge in [0, 0.05) is 37.8 Å². The van der Waals surface area contributed by atoms with Crippen LogP contribution in [0.15, 0.2) is 41.3 Å². The minimum atomic E-state index is -3.68. The fourth-order valence-corrected chi connectivity index (χ4v) is 5.28. The summed E-state index contributed by atoms with van der Waals surface area (Å²) in [6.07, 6.45) is 0.0918. The smallest absolute Gasteiger partial charge is 0.240 e. The van der Waals surface area contributed by atoms with Crippen LogP contribution in [0.2, 0.25) is 0 Å². The van der Waals surface area contributed by atoms with E-state index in [1.54, 1.807) is 42.2 Å². The van der Waals surface area contributed by atoms with Crippen molar-refractivity contribution in [3.8, 4) is 11.5 Å². The van der Waals surface area contributed by atoms with Crippen LogP contribution in [-0.2, 0) is 19.6 Å². The number of nitrogens with one attached hydrogen (secondary N) is 2. The van der Waals surface area contributed by atoms with Gasteiger partial charge in [-0.3, -0.25) is 9.59 Å². The number of carbonyl (C=O) groups excluding carboxylic acids is 2. The number of anilines is 1. The lowest BCUT2D eigenvalue weighted by Gasteiger charge is -2.22. The summed E-state index contributed by atoms with van der Waals surface area (Å²) in [5.41, 5.74) is 2.16. The number of amides is 2. The zero-order chi connectivity index (χ0) is 23.6. The molecule has 176 valence electrons. The largest absolute Gasteiger partial charge is 0.486 e. The summed E-state index contributed by atoms with van der Waals surface area (Å²) < 4.78 is 38.7. The molecule has 10 heteroatoms. The molecule has 0 spiro atoms. The lowest BCUT2D eigenvalue weighted by Crippen LogP contribution is -2.38. The first-order valence-corrected chi connectivity index (χ1v) is 12.3. The maximum atomic E-state index is 12.6. The number of hydrogen-bond donors (Lipinski definition) is 2. The Morgan fingerprint density at radius 3 is 2.61 bits per heavy atom. The lowest BCUT2D eigenvalue weighted by atomic mass is 10.1.